The maximum absolute atomic E-state index is 2.32. The summed E-state index contributed by atoms with van der Waals surface area (Å²) in [4.78, 5) is 1.49. The Labute approximate surface area is 130 Å². The molecule has 104 valence electrons. The molecule has 0 bridgehead atoms. The van der Waals surface area contributed by atoms with Gasteiger partial charge >= 0.3 is 0 Å². The molecule has 0 spiro atoms. The highest BCUT2D eigenvalue weighted by Crippen LogP contribution is 2.38. The van der Waals surface area contributed by atoms with Gasteiger partial charge in [0.05, 0.1) is 0 Å². The van der Waals surface area contributed by atoms with Crippen LogP contribution in [0.1, 0.15) is 22.3 Å². The third-order valence-electron chi connectivity index (χ3n) is 3.57. The average Bonchev–Trinajstić information content (AvgIpc) is 2.80. The summed E-state index contributed by atoms with van der Waals surface area (Å²) in [7, 11) is 0. The maximum Gasteiger partial charge on any atom is 0.0226 e. The van der Waals surface area contributed by atoms with Crippen molar-refractivity contribution >= 4 is 23.5 Å². The smallest absolute Gasteiger partial charge is 0.0226 e. The van der Waals surface area contributed by atoms with Crippen molar-refractivity contribution in [3.8, 4) is 0 Å². The van der Waals surface area contributed by atoms with Gasteiger partial charge in [-0.25, -0.2) is 0 Å². The lowest BCUT2D eigenvalue weighted by atomic mass is 10.1. The quantitative estimate of drug-likeness (QED) is 0.756. The highest BCUT2D eigenvalue weighted by atomic mass is 32.2. The molecule has 1 aliphatic heterocycles. The van der Waals surface area contributed by atoms with E-state index in [1.807, 2.05) is 0 Å². The van der Waals surface area contributed by atoms with Crippen molar-refractivity contribution < 1.29 is 0 Å². The van der Waals surface area contributed by atoms with E-state index in [2.05, 4.69) is 79.8 Å². The van der Waals surface area contributed by atoms with E-state index < -0.39 is 0 Å². The lowest BCUT2D eigenvalue weighted by Gasteiger charge is -2.09. The predicted octanol–water partition coefficient (Wildman–Crippen LogP) is 5.25. The minimum atomic E-state index is 0.753. The Morgan fingerprint density at radius 3 is 2.60 bits per heavy atom. The molecule has 0 N–H and O–H groups in total. The number of hydrogen-bond acceptors (Lipinski definition) is 2. The number of benzene rings is 2. The SMILES string of the molecule is Cc1cc(C)cc(CSCC2Cc3ccccc3S2)c1. The van der Waals surface area contributed by atoms with E-state index in [0.717, 1.165) is 11.0 Å². The molecule has 0 nitrogen and oxygen atoms in total. The molecule has 1 heterocycles. The fraction of sp³-hybridized carbons (Fsp3) is 0.333. The molecular formula is C18H20S2. The summed E-state index contributed by atoms with van der Waals surface area (Å²) < 4.78 is 0. The van der Waals surface area contributed by atoms with E-state index in [4.69, 9.17) is 0 Å². The summed E-state index contributed by atoms with van der Waals surface area (Å²) in [6, 6.07) is 15.7. The van der Waals surface area contributed by atoms with Gasteiger partial charge in [0.2, 0.25) is 0 Å². The van der Waals surface area contributed by atoms with Gasteiger partial charge in [0.15, 0.2) is 0 Å². The highest BCUT2D eigenvalue weighted by molar-refractivity contribution is 8.03. The second-order valence-electron chi connectivity index (χ2n) is 5.56. The van der Waals surface area contributed by atoms with Crippen molar-refractivity contribution in [3.05, 3.63) is 64.7 Å². The first-order valence-electron chi connectivity index (χ1n) is 7.10. The number of rotatable bonds is 4. The lowest BCUT2D eigenvalue weighted by Crippen LogP contribution is -2.04. The third kappa shape index (κ3) is 3.42. The molecular weight excluding hydrogens is 280 g/mol. The van der Waals surface area contributed by atoms with E-state index in [9.17, 15) is 0 Å². The van der Waals surface area contributed by atoms with Gasteiger partial charge in [0.25, 0.3) is 0 Å². The summed E-state index contributed by atoms with van der Waals surface area (Å²) in [5.74, 6) is 2.38. The van der Waals surface area contributed by atoms with Crippen LogP contribution in [-0.2, 0) is 12.2 Å². The van der Waals surface area contributed by atoms with Gasteiger partial charge in [-0.15, -0.1) is 11.8 Å². The molecule has 0 saturated carbocycles. The highest BCUT2D eigenvalue weighted by Gasteiger charge is 2.21. The van der Waals surface area contributed by atoms with Gasteiger partial charge in [-0.3, -0.25) is 0 Å². The monoisotopic (exact) mass is 300 g/mol. The van der Waals surface area contributed by atoms with E-state index in [0.29, 0.717) is 0 Å². The zero-order valence-electron chi connectivity index (χ0n) is 12.1. The van der Waals surface area contributed by atoms with Crippen LogP contribution in [0, 0.1) is 13.8 Å². The van der Waals surface area contributed by atoms with Gasteiger partial charge in [0, 0.05) is 21.7 Å². The van der Waals surface area contributed by atoms with Crippen LogP contribution in [0.5, 0.6) is 0 Å². The molecule has 20 heavy (non-hydrogen) atoms. The van der Waals surface area contributed by atoms with Crippen molar-refractivity contribution in [2.45, 2.75) is 36.2 Å². The van der Waals surface area contributed by atoms with Crippen LogP contribution in [0.2, 0.25) is 0 Å². The Hall–Kier alpha value is -0.860. The Morgan fingerprint density at radius 2 is 1.85 bits per heavy atom. The number of thioether (sulfide) groups is 2. The topological polar surface area (TPSA) is 0 Å². The molecule has 0 amide bonds. The van der Waals surface area contributed by atoms with E-state index in [1.165, 1.54) is 39.3 Å². The molecule has 1 unspecified atom stereocenters. The minimum Gasteiger partial charge on any atom is -0.156 e. The molecule has 2 aromatic carbocycles. The standard InChI is InChI=1S/C18H20S2/c1-13-7-14(2)9-15(8-13)11-19-12-17-10-16-5-3-4-6-18(16)20-17/h3-9,17H,10-12H2,1-2H3. The Balaban J connectivity index is 1.52. The normalized spacial score (nSPS) is 17.2. The van der Waals surface area contributed by atoms with Gasteiger partial charge in [0.1, 0.15) is 0 Å². The molecule has 0 fully saturated rings. The lowest BCUT2D eigenvalue weighted by molar-refractivity contribution is 0.970. The van der Waals surface area contributed by atoms with Crippen LogP contribution in [-0.4, -0.2) is 11.0 Å². The Morgan fingerprint density at radius 1 is 1.10 bits per heavy atom. The van der Waals surface area contributed by atoms with Crippen molar-refractivity contribution in [2.75, 3.05) is 5.75 Å². The van der Waals surface area contributed by atoms with Crippen LogP contribution in [0.15, 0.2) is 47.4 Å². The zero-order chi connectivity index (χ0) is 13.9. The van der Waals surface area contributed by atoms with Crippen LogP contribution in [0.25, 0.3) is 0 Å². The van der Waals surface area contributed by atoms with Crippen molar-refractivity contribution in [3.63, 3.8) is 0 Å². The second-order valence-corrected chi connectivity index (χ2v) is 7.94. The minimum absolute atomic E-state index is 0.753. The van der Waals surface area contributed by atoms with Crippen LogP contribution >= 0.6 is 23.5 Å². The summed E-state index contributed by atoms with van der Waals surface area (Å²) in [6.45, 7) is 4.37. The summed E-state index contributed by atoms with van der Waals surface area (Å²) in [6.07, 6.45) is 1.24. The first-order chi connectivity index (χ1) is 9.70. The zero-order valence-corrected chi connectivity index (χ0v) is 13.7. The molecule has 0 aromatic heterocycles. The first kappa shape index (κ1) is 14.1. The van der Waals surface area contributed by atoms with Crippen molar-refractivity contribution in [2.24, 2.45) is 0 Å². The largest absolute Gasteiger partial charge is 0.156 e. The fourth-order valence-electron chi connectivity index (χ4n) is 2.81. The summed E-state index contributed by atoms with van der Waals surface area (Å²) >= 11 is 4.13. The Kier molecular flexibility index (Phi) is 4.42. The van der Waals surface area contributed by atoms with Crippen LogP contribution < -0.4 is 0 Å². The molecule has 0 saturated heterocycles. The third-order valence-corrected chi connectivity index (χ3v) is 6.27. The van der Waals surface area contributed by atoms with E-state index in [1.54, 1.807) is 0 Å². The first-order valence-corrected chi connectivity index (χ1v) is 9.13. The summed E-state index contributed by atoms with van der Waals surface area (Å²) in [5.41, 5.74) is 5.76. The molecule has 2 heteroatoms. The van der Waals surface area contributed by atoms with Crippen molar-refractivity contribution in [1.82, 2.24) is 0 Å². The predicted molar refractivity (Wildman–Crippen MR) is 91.9 cm³/mol. The second kappa shape index (κ2) is 6.28. The van der Waals surface area contributed by atoms with Gasteiger partial charge in [-0.2, -0.15) is 11.8 Å². The van der Waals surface area contributed by atoms with Crippen LogP contribution in [0.3, 0.4) is 0 Å². The summed E-state index contributed by atoms with van der Waals surface area (Å²) in [5, 5.41) is 0.753. The molecule has 1 atom stereocenters. The number of fused-ring (bicyclic) bond motifs is 1. The maximum atomic E-state index is 2.32. The fourth-order valence-corrected chi connectivity index (χ4v) is 5.35. The van der Waals surface area contributed by atoms with Crippen molar-refractivity contribution in [1.29, 1.82) is 0 Å². The van der Waals surface area contributed by atoms with E-state index in [-0.39, 0.29) is 0 Å². The van der Waals surface area contributed by atoms with Gasteiger partial charge in [-0.05, 0) is 37.5 Å². The molecule has 0 radical (unpaired) electrons. The number of hydrogen-bond donors (Lipinski definition) is 0. The molecule has 0 aliphatic carbocycles. The Bertz CT molecular complexity index is 559. The molecule has 3 rings (SSSR count). The van der Waals surface area contributed by atoms with E-state index >= 15 is 0 Å². The van der Waals surface area contributed by atoms with Gasteiger partial charge in [-0.1, -0.05) is 47.5 Å². The molecule has 2 aromatic rings. The van der Waals surface area contributed by atoms with Crippen LogP contribution in [0.4, 0.5) is 0 Å². The molecule has 1 aliphatic rings. The average molecular weight is 300 g/mol. The van der Waals surface area contributed by atoms with Gasteiger partial charge < -0.3 is 0 Å². The number of aryl methyl sites for hydroxylation is 2.